The number of likely N-dealkylation sites (tertiary alicyclic amines) is 1. The van der Waals surface area contributed by atoms with Crippen LogP contribution >= 0.6 is 11.5 Å². The van der Waals surface area contributed by atoms with E-state index in [1.165, 1.54) is 37.2 Å². The number of hydrogen-bond donors (Lipinski definition) is 1. The number of pyridine rings is 1. The molecule has 1 amide bonds. The van der Waals surface area contributed by atoms with Gasteiger partial charge < -0.3 is 10.2 Å². The highest BCUT2D eigenvalue weighted by molar-refractivity contribution is 7.09. The van der Waals surface area contributed by atoms with Crippen LogP contribution in [-0.4, -0.2) is 44.3 Å². The van der Waals surface area contributed by atoms with Gasteiger partial charge in [-0.15, -0.1) is 0 Å². The van der Waals surface area contributed by atoms with Crippen molar-refractivity contribution in [3.63, 3.8) is 0 Å². The second-order valence-electron chi connectivity index (χ2n) is 6.89. The average Bonchev–Trinajstić information content (AvgIpc) is 3.34. The van der Waals surface area contributed by atoms with E-state index in [1.54, 1.807) is 24.5 Å². The van der Waals surface area contributed by atoms with Crippen molar-refractivity contribution >= 4 is 22.6 Å². The maximum absolute atomic E-state index is 12.5. The topological polar surface area (TPSA) is 71.0 Å². The summed E-state index contributed by atoms with van der Waals surface area (Å²) in [6.07, 6.45) is 10.3. The fourth-order valence-corrected chi connectivity index (χ4v) is 4.45. The van der Waals surface area contributed by atoms with E-state index in [4.69, 9.17) is 4.98 Å². The molecule has 0 unspecified atom stereocenters. The van der Waals surface area contributed by atoms with E-state index in [9.17, 15) is 4.79 Å². The highest BCUT2D eigenvalue weighted by Gasteiger charge is 2.25. The van der Waals surface area contributed by atoms with Crippen LogP contribution in [0.1, 0.15) is 60.6 Å². The van der Waals surface area contributed by atoms with Gasteiger partial charge in [0, 0.05) is 54.5 Å². The van der Waals surface area contributed by atoms with E-state index in [2.05, 4.69) is 14.7 Å². The zero-order valence-corrected chi connectivity index (χ0v) is 15.0. The molecular formula is C18H23N5OS. The molecule has 1 saturated heterocycles. The number of nitrogens with one attached hydrogen (secondary N) is 1. The van der Waals surface area contributed by atoms with E-state index in [0.717, 1.165) is 36.9 Å². The number of hydrogen-bond acceptors (Lipinski definition) is 6. The molecule has 0 aromatic carbocycles. The molecule has 132 valence electrons. The lowest BCUT2D eigenvalue weighted by Gasteiger charge is -2.32. The van der Waals surface area contributed by atoms with Gasteiger partial charge in [-0.2, -0.15) is 4.37 Å². The van der Waals surface area contributed by atoms with Crippen molar-refractivity contribution < 1.29 is 4.79 Å². The molecule has 1 saturated carbocycles. The number of anilines is 1. The molecule has 0 spiro atoms. The van der Waals surface area contributed by atoms with E-state index in [1.807, 2.05) is 4.90 Å². The molecule has 0 radical (unpaired) electrons. The molecule has 7 heteroatoms. The summed E-state index contributed by atoms with van der Waals surface area (Å²) in [5.74, 6) is 1.68. The molecule has 2 aliphatic rings. The van der Waals surface area contributed by atoms with Crippen molar-refractivity contribution in [2.75, 3.05) is 18.4 Å². The van der Waals surface area contributed by atoms with Crippen LogP contribution in [0.4, 0.5) is 5.13 Å². The maximum atomic E-state index is 12.5. The zero-order chi connectivity index (χ0) is 17.1. The minimum atomic E-state index is 0.0975. The van der Waals surface area contributed by atoms with Gasteiger partial charge in [0.2, 0.25) is 5.13 Å². The molecule has 2 aromatic heterocycles. The lowest BCUT2D eigenvalue weighted by Crippen LogP contribution is -2.42. The van der Waals surface area contributed by atoms with E-state index in [-0.39, 0.29) is 5.91 Å². The van der Waals surface area contributed by atoms with Crippen LogP contribution in [0.15, 0.2) is 24.5 Å². The third-order valence-electron chi connectivity index (χ3n) is 5.20. The number of amides is 1. The van der Waals surface area contributed by atoms with Crippen molar-refractivity contribution in [2.24, 2.45) is 0 Å². The summed E-state index contributed by atoms with van der Waals surface area (Å²) in [6, 6.07) is 3.92. The highest BCUT2D eigenvalue weighted by Crippen LogP contribution is 2.33. The summed E-state index contributed by atoms with van der Waals surface area (Å²) in [4.78, 5) is 23.1. The van der Waals surface area contributed by atoms with Crippen molar-refractivity contribution in [3.8, 4) is 0 Å². The molecule has 1 N–H and O–H groups in total. The Kier molecular flexibility index (Phi) is 4.92. The molecule has 1 aliphatic carbocycles. The SMILES string of the molecule is O=C(c1ccncc1)N1CCC(Nc2nc(C3CCCC3)ns2)CC1. The fraction of sp³-hybridized carbons (Fsp3) is 0.556. The summed E-state index contributed by atoms with van der Waals surface area (Å²) < 4.78 is 4.54. The maximum Gasteiger partial charge on any atom is 0.253 e. The molecule has 6 nitrogen and oxygen atoms in total. The summed E-state index contributed by atoms with van der Waals surface area (Å²) in [6.45, 7) is 1.54. The van der Waals surface area contributed by atoms with Crippen LogP contribution in [0.3, 0.4) is 0 Å². The normalized spacial score (nSPS) is 19.3. The van der Waals surface area contributed by atoms with E-state index in [0.29, 0.717) is 17.5 Å². The highest BCUT2D eigenvalue weighted by atomic mass is 32.1. The Labute approximate surface area is 151 Å². The second-order valence-corrected chi connectivity index (χ2v) is 7.64. The van der Waals surface area contributed by atoms with Crippen molar-refractivity contribution in [1.82, 2.24) is 19.2 Å². The lowest BCUT2D eigenvalue weighted by molar-refractivity contribution is 0.0718. The van der Waals surface area contributed by atoms with Crippen LogP contribution < -0.4 is 5.32 Å². The smallest absolute Gasteiger partial charge is 0.253 e. The first-order chi connectivity index (χ1) is 12.3. The number of nitrogens with zero attached hydrogens (tertiary/aromatic N) is 4. The van der Waals surface area contributed by atoms with Gasteiger partial charge in [0.25, 0.3) is 5.91 Å². The molecule has 2 aromatic rings. The van der Waals surface area contributed by atoms with Crippen molar-refractivity contribution in [2.45, 2.75) is 50.5 Å². The average molecular weight is 357 g/mol. The monoisotopic (exact) mass is 357 g/mol. The Balaban J connectivity index is 1.29. The van der Waals surface area contributed by atoms with Gasteiger partial charge in [-0.3, -0.25) is 9.78 Å². The van der Waals surface area contributed by atoms with Gasteiger partial charge in [0.05, 0.1) is 0 Å². The molecule has 3 heterocycles. The van der Waals surface area contributed by atoms with Gasteiger partial charge in [0.1, 0.15) is 5.82 Å². The number of carbonyl (C=O) groups is 1. The molecular weight excluding hydrogens is 334 g/mol. The summed E-state index contributed by atoms with van der Waals surface area (Å²) in [5, 5.41) is 4.45. The van der Waals surface area contributed by atoms with Crippen LogP contribution in [0.5, 0.6) is 0 Å². The summed E-state index contributed by atoms with van der Waals surface area (Å²) in [5.41, 5.74) is 0.715. The van der Waals surface area contributed by atoms with Crippen molar-refractivity contribution in [3.05, 3.63) is 35.9 Å². The molecule has 4 rings (SSSR count). The standard InChI is InChI=1S/C18H23N5OS/c24-17(14-5-9-19-10-6-14)23-11-7-15(8-12-23)20-18-21-16(22-25-18)13-3-1-2-4-13/h5-6,9-10,13,15H,1-4,7-8,11-12H2,(H,20,21,22). The minimum Gasteiger partial charge on any atom is -0.357 e. The van der Waals surface area contributed by atoms with Gasteiger partial charge in [-0.05, 0) is 37.8 Å². The number of aromatic nitrogens is 3. The van der Waals surface area contributed by atoms with Crippen LogP contribution in [0.25, 0.3) is 0 Å². The van der Waals surface area contributed by atoms with E-state index >= 15 is 0 Å². The fourth-order valence-electron chi connectivity index (χ4n) is 3.72. The first kappa shape index (κ1) is 16.4. The number of rotatable bonds is 4. The van der Waals surface area contributed by atoms with Gasteiger partial charge >= 0.3 is 0 Å². The quantitative estimate of drug-likeness (QED) is 0.909. The number of carbonyl (C=O) groups excluding carboxylic acids is 1. The van der Waals surface area contributed by atoms with Gasteiger partial charge in [-0.1, -0.05) is 12.8 Å². The Hall–Kier alpha value is -2.02. The summed E-state index contributed by atoms with van der Waals surface area (Å²) >= 11 is 1.47. The molecule has 25 heavy (non-hydrogen) atoms. The zero-order valence-electron chi connectivity index (χ0n) is 14.2. The predicted octanol–water partition coefficient (Wildman–Crippen LogP) is 3.31. The Morgan fingerprint density at radius 1 is 1.12 bits per heavy atom. The van der Waals surface area contributed by atoms with Crippen molar-refractivity contribution in [1.29, 1.82) is 0 Å². The van der Waals surface area contributed by atoms with Gasteiger partial charge in [-0.25, -0.2) is 4.98 Å². The third-order valence-corrected chi connectivity index (χ3v) is 5.86. The Morgan fingerprint density at radius 2 is 1.84 bits per heavy atom. The Morgan fingerprint density at radius 3 is 2.56 bits per heavy atom. The lowest BCUT2D eigenvalue weighted by atomic mass is 10.0. The largest absolute Gasteiger partial charge is 0.357 e. The minimum absolute atomic E-state index is 0.0975. The Bertz CT molecular complexity index is 705. The van der Waals surface area contributed by atoms with Crippen LogP contribution in [-0.2, 0) is 0 Å². The first-order valence-corrected chi connectivity index (χ1v) is 9.86. The molecule has 1 aliphatic heterocycles. The van der Waals surface area contributed by atoms with E-state index < -0.39 is 0 Å². The first-order valence-electron chi connectivity index (χ1n) is 9.09. The van der Waals surface area contributed by atoms with Gasteiger partial charge in [0.15, 0.2) is 0 Å². The molecule has 0 bridgehead atoms. The van der Waals surface area contributed by atoms with Crippen LogP contribution in [0, 0.1) is 0 Å². The predicted molar refractivity (Wildman–Crippen MR) is 97.9 cm³/mol. The summed E-state index contributed by atoms with van der Waals surface area (Å²) in [7, 11) is 0. The molecule has 0 atom stereocenters. The second kappa shape index (κ2) is 7.47. The third kappa shape index (κ3) is 3.81. The molecule has 2 fully saturated rings. The van der Waals surface area contributed by atoms with Crippen LogP contribution in [0.2, 0.25) is 0 Å². The number of piperidine rings is 1.